The summed E-state index contributed by atoms with van der Waals surface area (Å²) in [6, 6.07) is -0.372. The average molecular weight is 300 g/mol. The Hall–Kier alpha value is -1.09. The summed E-state index contributed by atoms with van der Waals surface area (Å²) >= 11 is 0. The average Bonchev–Trinajstić information content (AvgIpc) is 2.53. The van der Waals surface area contributed by atoms with Crippen LogP contribution in [0.2, 0.25) is 0 Å². The molecule has 0 amide bonds. The molecule has 0 aliphatic carbocycles. The van der Waals surface area contributed by atoms with Gasteiger partial charge in [0, 0.05) is 6.42 Å². The molecule has 0 saturated heterocycles. The van der Waals surface area contributed by atoms with Gasteiger partial charge in [0.2, 0.25) is 0 Å². The Balaban J connectivity index is 4.29. The number of hydrogen-bond acceptors (Lipinski definition) is 2. The Morgan fingerprint density at radius 1 is 1.19 bits per heavy atom. The van der Waals surface area contributed by atoms with Crippen LogP contribution < -0.4 is 0 Å². The first-order valence-corrected chi connectivity index (χ1v) is 8.00. The Kier molecular flexibility index (Phi) is 9.88. The van der Waals surface area contributed by atoms with E-state index in [1.165, 1.54) is 0 Å². The summed E-state index contributed by atoms with van der Waals surface area (Å²) in [4.78, 5) is 10.4. The quantitative estimate of drug-likeness (QED) is 0.356. The highest BCUT2D eigenvalue weighted by molar-refractivity contribution is 5.66. The molecule has 3 nitrogen and oxygen atoms in total. The van der Waals surface area contributed by atoms with Gasteiger partial charge in [-0.3, -0.25) is 4.79 Å². The Labute approximate surface area is 135 Å². The third-order valence-electron chi connectivity index (χ3n) is 3.12. The molecule has 1 atom stereocenters. The largest absolute Gasteiger partial charge is 0.481 e. The van der Waals surface area contributed by atoms with Crippen molar-refractivity contribution in [1.82, 2.24) is 0 Å². The molecule has 0 aromatic heterocycles. The molecule has 0 aliphatic heterocycles. The summed E-state index contributed by atoms with van der Waals surface area (Å²) < 4.78 is 31.3. The summed E-state index contributed by atoms with van der Waals surface area (Å²) in [6.07, 6.45) is 6.37. The molecular formula is C18H32O3. The maximum atomic E-state index is 10.4. The first-order valence-electron chi connectivity index (χ1n) is 10.00. The van der Waals surface area contributed by atoms with Crippen LogP contribution in [-0.4, -0.2) is 22.3 Å². The number of carbonyl (C=O) groups is 1. The lowest BCUT2D eigenvalue weighted by molar-refractivity contribution is -0.137. The second-order valence-corrected chi connectivity index (χ2v) is 5.18. The molecule has 0 rings (SSSR count). The summed E-state index contributed by atoms with van der Waals surface area (Å²) in [7, 11) is 0. The third-order valence-corrected chi connectivity index (χ3v) is 3.12. The van der Waals surface area contributed by atoms with Gasteiger partial charge >= 0.3 is 5.97 Å². The molecule has 0 unspecified atom stereocenters. The van der Waals surface area contributed by atoms with Gasteiger partial charge in [-0.15, -0.1) is 0 Å². The Bertz CT molecular complexity index is 459. The molecule has 0 heterocycles. The minimum Gasteiger partial charge on any atom is -0.481 e. The van der Waals surface area contributed by atoms with Gasteiger partial charge in [-0.25, -0.2) is 0 Å². The second-order valence-electron chi connectivity index (χ2n) is 5.18. The highest BCUT2D eigenvalue weighted by Crippen LogP contribution is 2.08. The van der Waals surface area contributed by atoms with Gasteiger partial charge < -0.3 is 10.2 Å². The van der Waals surface area contributed by atoms with E-state index in [1.54, 1.807) is 0 Å². The fourth-order valence-corrected chi connectivity index (χ4v) is 1.88. The van der Waals surface area contributed by atoms with E-state index in [2.05, 4.69) is 0 Å². The molecule has 0 spiro atoms. The van der Waals surface area contributed by atoms with Crippen LogP contribution in [-0.2, 0) is 4.79 Å². The van der Waals surface area contributed by atoms with Crippen molar-refractivity contribution in [1.29, 1.82) is 0 Å². The number of aliphatic hydroxyl groups is 1. The van der Waals surface area contributed by atoms with E-state index in [4.69, 9.17) is 10.6 Å². The van der Waals surface area contributed by atoms with E-state index < -0.39 is 12.0 Å². The van der Waals surface area contributed by atoms with E-state index in [1.807, 2.05) is 6.92 Å². The van der Waals surface area contributed by atoms with Crippen LogP contribution in [0.15, 0.2) is 24.2 Å². The number of carboxylic acids is 1. The smallest absolute Gasteiger partial charge is 0.303 e. The second kappa shape index (κ2) is 15.3. The van der Waals surface area contributed by atoms with Crippen molar-refractivity contribution in [2.24, 2.45) is 0 Å². The zero-order valence-corrected chi connectivity index (χ0v) is 13.2. The monoisotopic (exact) mass is 300 g/mol. The van der Waals surface area contributed by atoms with Crippen LogP contribution in [0, 0.1) is 0 Å². The topological polar surface area (TPSA) is 57.5 Å². The van der Waals surface area contributed by atoms with Crippen LogP contribution in [0.4, 0.5) is 0 Å². The van der Waals surface area contributed by atoms with Gasteiger partial charge in [0.05, 0.1) is 11.6 Å². The van der Waals surface area contributed by atoms with Crippen molar-refractivity contribution >= 4 is 5.97 Å². The highest BCUT2D eigenvalue weighted by Gasteiger charge is 1.97. The lowest BCUT2D eigenvalue weighted by atomic mass is 10.1. The SMILES string of the molecule is [2H]C(/C=C(\[2H])[C@@]([2H])(O)CCCCC)=C(\[2H])CCCCCCCC(=O)O. The first-order chi connectivity index (χ1) is 11.7. The number of carboxylic acid groups (broad SMARTS) is 1. The number of hydrogen-bond donors (Lipinski definition) is 2. The molecule has 0 aromatic rings. The van der Waals surface area contributed by atoms with Crippen LogP contribution in [0.25, 0.3) is 0 Å². The number of allylic oxidation sites excluding steroid dienone is 3. The van der Waals surface area contributed by atoms with E-state index in [0.717, 1.165) is 44.6 Å². The molecule has 0 aromatic carbocycles. The van der Waals surface area contributed by atoms with Crippen molar-refractivity contribution in [3.8, 4) is 0 Å². The van der Waals surface area contributed by atoms with Gasteiger partial charge in [-0.2, -0.15) is 0 Å². The minimum atomic E-state index is -1.99. The van der Waals surface area contributed by atoms with Gasteiger partial charge in [0.15, 0.2) is 0 Å². The first kappa shape index (κ1) is 13.6. The summed E-state index contributed by atoms with van der Waals surface area (Å²) in [5, 5.41) is 18.5. The summed E-state index contributed by atoms with van der Waals surface area (Å²) in [5.41, 5.74) is 0. The van der Waals surface area contributed by atoms with Crippen LogP contribution >= 0.6 is 0 Å². The van der Waals surface area contributed by atoms with E-state index in [0.29, 0.717) is 19.3 Å². The van der Waals surface area contributed by atoms with Crippen molar-refractivity contribution < 1.29 is 20.5 Å². The van der Waals surface area contributed by atoms with Crippen LogP contribution in [0.5, 0.6) is 0 Å². The maximum absolute atomic E-state index is 10.4. The standard InChI is InChI=1S/C18H32O3/c1-2-3-11-14-17(19)15-12-9-7-5-4-6-8-10-13-16-18(20)21/h7,9,12,15,17,19H,2-6,8,10-11,13-14,16H2,1H3,(H,20,21)/b9-7-,15-12+/t17-/m0/s1/i7D,9D,15D,17D. The Morgan fingerprint density at radius 3 is 2.62 bits per heavy atom. The molecule has 0 aliphatic rings. The lowest BCUT2D eigenvalue weighted by Gasteiger charge is -2.03. The predicted molar refractivity (Wildman–Crippen MR) is 88.4 cm³/mol. The molecule has 2 N–H and O–H groups in total. The van der Waals surface area contributed by atoms with Crippen LogP contribution in [0.1, 0.15) is 83.0 Å². The fourth-order valence-electron chi connectivity index (χ4n) is 1.88. The molecule has 122 valence electrons. The third kappa shape index (κ3) is 16.9. The molecule has 0 saturated carbocycles. The maximum Gasteiger partial charge on any atom is 0.303 e. The Morgan fingerprint density at radius 2 is 1.90 bits per heavy atom. The van der Waals surface area contributed by atoms with Gasteiger partial charge in [0.1, 0.15) is 0 Å². The normalized spacial score (nSPS) is 18.9. The minimum absolute atomic E-state index is 0.0969. The fraction of sp³-hybridized carbons (Fsp3) is 0.722. The number of rotatable bonds is 14. The lowest BCUT2D eigenvalue weighted by Crippen LogP contribution is -2.00. The molecule has 0 radical (unpaired) electrons. The molecule has 0 bridgehead atoms. The summed E-state index contributed by atoms with van der Waals surface area (Å²) in [5.74, 6) is -0.780. The van der Waals surface area contributed by atoms with Crippen LogP contribution in [0.3, 0.4) is 0 Å². The van der Waals surface area contributed by atoms with Gasteiger partial charge in [0.25, 0.3) is 0 Å². The van der Waals surface area contributed by atoms with Crippen molar-refractivity contribution in [3.63, 3.8) is 0 Å². The van der Waals surface area contributed by atoms with Crippen molar-refractivity contribution in [3.05, 3.63) is 24.2 Å². The molecular weight excluding hydrogens is 264 g/mol. The van der Waals surface area contributed by atoms with Crippen molar-refractivity contribution in [2.75, 3.05) is 0 Å². The zero-order valence-electron chi connectivity index (χ0n) is 17.2. The van der Waals surface area contributed by atoms with E-state index in [9.17, 15) is 9.90 Å². The predicted octanol–water partition coefficient (Wildman–Crippen LogP) is 4.86. The molecule has 21 heavy (non-hydrogen) atoms. The highest BCUT2D eigenvalue weighted by atomic mass is 16.4. The van der Waals surface area contributed by atoms with E-state index in [-0.39, 0.29) is 31.0 Å². The van der Waals surface area contributed by atoms with Crippen molar-refractivity contribution in [2.45, 2.75) is 83.6 Å². The molecule has 0 fully saturated rings. The van der Waals surface area contributed by atoms with Gasteiger partial charge in [-0.1, -0.05) is 69.7 Å². The molecule has 3 heteroatoms. The number of aliphatic carboxylic acids is 1. The zero-order chi connectivity index (χ0) is 19.3. The summed E-state index contributed by atoms with van der Waals surface area (Å²) in [6.45, 7) is 2.02. The number of unbranched alkanes of at least 4 members (excludes halogenated alkanes) is 6. The van der Waals surface area contributed by atoms with Gasteiger partial charge in [-0.05, 0) is 25.7 Å². The van der Waals surface area contributed by atoms with E-state index >= 15 is 0 Å².